The molecule has 8 heteroatoms. The van der Waals surface area contributed by atoms with Crippen molar-refractivity contribution in [3.8, 4) is 16.9 Å². The molecular weight excluding hydrogens is 448 g/mol. The minimum absolute atomic E-state index is 0.185. The first-order valence-electron chi connectivity index (χ1n) is 11.3. The fraction of sp³-hybridized carbons (Fsp3) is 0.185. The maximum atomic E-state index is 13.1. The first kappa shape index (κ1) is 21.3. The Hall–Kier alpha value is -4.20. The molecule has 4 aromatic rings. The molecule has 174 valence electrons. The van der Waals surface area contributed by atoms with Crippen molar-refractivity contribution in [3.63, 3.8) is 0 Å². The molecule has 6 rings (SSSR count). The number of pyridine rings is 1. The molecule has 1 aliphatic heterocycles. The van der Waals surface area contributed by atoms with Crippen LogP contribution >= 0.6 is 0 Å². The summed E-state index contributed by atoms with van der Waals surface area (Å²) in [6.07, 6.45) is 8.54. The Bertz CT molecular complexity index is 1440. The van der Waals surface area contributed by atoms with Gasteiger partial charge in [0.1, 0.15) is 29.1 Å². The van der Waals surface area contributed by atoms with E-state index in [-0.39, 0.29) is 11.7 Å². The summed E-state index contributed by atoms with van der Waals surface area (Å²) < 4.78 is 31.1. The second-order valence-electron chi connectivity index (χ2n) is 8.72. The Labute approximate surface area is 200 Å². The van der Waals surface area contributed by atoms with Crippen LogP contribution in [0.25, 0.3) is 11.1 Å². The van der Waals surface area contributed by atoms with Crippen LogP contribution in [0.5, 0.6) is 5.75 Å². The minimum Gasteiger partial charge on any atom is -0.435 e. The van der Waals surface area contributed by atoms with Crippen LogP contribution in [0.1, 0.15) is 46.7 Å². The van der Waals surface area contributed by atoms with Gasteiger partial charge in [0.25, 0.3) is 0 Å². The monoisotopic (exact) mass is 469 g/mol. The van der Waals surface area contributed by atoms with Crippen LogP contribution in [0.2, 0.25) is 0 Å². The van der Waals surface area contributed by atoms with E-state index in [9.17, 15) is 8.78 Å². The van der Waals surface area contributed by atoms with Crippen molar-refractivity contribution in [1.82, 2.24) is 15.0 Å². The van der Waals surface area contributed by atoms with Crippen LogP contribution in [0.3, 0.4) is 0 Å². The summed E-state index contributed by atoms with van der Waals surface area (Å²) in [7, 11) is 0. The Morgan fingerprint density at radius 1 is 0.943 bits per heavy atom. The van der Waals surface area contributed by atoms with E-state index in [4.69, 9.17) is 15.5 Å². The van der Waals surface area contributed by atoms with Gasteiger partial charge in [-0.05, 0) is 65.3 Å². The average molecular weight is 469 g/mol. The zero-order chi connectivity index (χ0) is 24.0. The van der Waals surface area contributed by atoms with Crippen molar-refractivity contribution in [3.05, 3.63) is 107 Å². The molecule has 2 N–H and O–H groups in total. The molecule has 1 unspecified atom stereocenters. The van der Waals surface area contributed by atoms with Crippen LogP contribution in [0, 0.1) is 0 Å². The van der Waals surface area contributed by atoms with Crippen LogP contribution in [0.4, 0.5) is 8.78 Å². The van der Waals surface area contributed by atoms with Crippen molar-refractivity contribution >= 4 is 5.84 Å². The lowest BCUT2D eigenvalue weighted by molar-refractivity contribution is -0.0504. The van der Waals surface area contributed by atoms with E-state index < -0.39 is 12.2 Å². The van der Waals surface area contributed by atoms with Crippen molar-refractivity contribution in [2.45, 2.75) is 30.9 Å². The first-order chi connectivity index (χ1) is 17.1. The highest BCUT2D eigenvalue weighted by molar-refractivity contribution is 6.01. The number of ether oxygens (including phenoxy) is 1. The number of benzene rings is 2. The fourth-order valence-corrected chi connectivity index (χ4v) is 4.86. The smallest absolute Gasteiger partial charge is 0.387 e. The maximum absolute atomic E-state index is 13.1. The molecule has 1 atom stereocenters. The lowest BCUT2D eigenvalue weighted by atomic mass is 9.77. The average Bonchev–Trinajstić information content (AvgIpc) is 3.69. The molecule has 2 aromatic heterocycles. The molecule has 0 spiro atoms. The third-order valence-electron chi connectivity index (χ3n) is 6.56. The molecule has 0 amide bonds. The van der Waals surface area contributed by atoms with E-state index in [0.29, 0.717) is 11.5 Å². The Morgan fingerprint density at radius 2 is 1.74 bits per heavy atom. The molecule has 1 aliphatic carbocycles. The summed E-state index contributed by atoms with van der Waals surface area (Å²) >= 11 is 0. The molecular formula is C27H21F2N5O. The zero-order valence-electron chi connectivity index (χ0n) is 18.6. The van der Waals surface area contributed by atoms with Crippen LogP contribution in [-0.2, 0) is 5.54 Å². The third-order valence-corrected chi connectivity index (χ3v) is 6.56. The molecule has 1 saturated carbocycles. The number of amidine groups is 1. The normalized spacial score (nSPS) is 18.9. The quantitative estimate of drug-likeness (QED) is 0.428. The van der Waals surface area contributed by atoms with Crippen LogP contribution in [-0.4, -0.2) is 27.4 Å². The number of alkyl halides is 2. The third kappa shape index (κ3) is 3.62. The van der Waals surface area contributed by atoms with Gasteiger partial charge in [-0.15, -0.1) is 0 Å². The predicted molar refractivity (Wildman–Crippen MR) is 127 cm³/mol. The van der Waals surface area contributed by atoms with Gasteiger partial charge in [-0.1, -0.05) is 30.3 Å². The largest absolute Gasteiger partial charge is 0.435 e. The van der Waals surface area contributed by atoms with Gasteiger partial charge in [-0.2, -0.15) is 8.78 Å². The predicted octanol–water partition coefficient (Wildman–Crippen LogP) is 5.03. The van der Waals surface area contributed by atoms with Crippen molar-refractivity contribution in [2.75, 3.05) is 0 Å². The minimum atomic E-state index is -2.89. The summed E-state index contributed by atoms with van der Waals surface area (Å²) in [5.74, 6) is 0.720. The van der Waals surface area contributed by atoms with Gasteiger partial charge in [0.15, 0.2) is 0 Å². The van der Waals surface area contributed by atoms with Gasteiger partial charge in [0.2, 0.25) is 0 Å². The highest BCUT2D eigenvalue weighted by Crippen LogP contribution is 2.50. The lowest BCUT2D eigenvalue weighted by Crippen LogP contribution is -2.26. The van der Waals surface area contributed by atoms with Crippen molar-refractivity contribution in [2.24, 2.45) is 10.7 Å². The standard InChI is InChI=1S/C27H21F2N5O/c28-26(29)35-23-9-8-20(12-21(23)16-6-7-16)27(22-5-2-10-33-24(22)25(30)34-27)19-4-1-3-17(11-19)18-13-31-15-32-14-18/h1-5,8-16,26H,6-7H2,(H2,30,34). The molecule has 0 bridgehead atoms. The summed E-state index contributed by atoms with van der Waals surface area (Å²) in [6, 6.07) is 17.1. The number of aromatic nitrogens is 3. The van der Waals surface area contributed by atoms with Crippen molar-refractivity contribution < 1.29 is 13.5 Å². The summed E-state index contributed by atoms with van der Waals surface area (Å²) in [5, 5.41) is 0. The van der Waals surface area contributed by atoms with Gasteiger partial charge >= 0.3 is 6.61 Å². The zero-order valence-corrected chi connectivity index (χ0v) is 18.6. The lowest BCUT2D eigenvalue weighted by Gasteiger charge is -2.30. The number of nitrogens with two attached hydrogens (primary N) is 1. The highest BCUT2D eigenvalue weighted by Gasteiger charge is 2.44. The van der Waals surface area contributed by atoms with Crippen molar-refractivity contribution in [1.29, 1.82) is 0 Å². The Morgan fingerprint density at radius 3 is 2.51 bits per heavy atom. The molecule has 0 saturated heterocycles. The van der Waals surface area contributed by atoms with E-state index >= 15 is 0 Å². The first-order valence-corrected chi connectivity index (χ1v) is 11.3. The summed E-state index contributed by atoms with van der Waals surface area (Å²) in [4.78, 5) is 17.8. The van der Waals surface area contributed by atoms with E-state index in [2.05, 4.69) is 15.0 Å². The number of nitrogens with zero attached hydrogens (tertiary/aromatic N) is 4. The topological polar surface area (TPSA) is 86.3 Å². The molecule has 3 heterocycles. The number of halogens is 2. The number of aliphatic imine (C=N–C) groups is 1. The number of fused-ring (bicyclic) bond motifs is 1. The second kappa shape index (κ2) is 8.23. The Balaban J connectivity index is 1.59. The Kier molecular flexibility index (Phi) is 5.02. The summed E-state index contributed by atoms with van der Waals surface area (Å²) in [6.45, 7) is -2.89. The number of hydrogen-bond donors (Lipinski definition) is 1. The van der Waals surface area contributed by atoms with E-state index in [1.54, 1.807) is 30.7 Å². The fourth-order valence-electron chi connectivity index (χ4n) is 4.86. The van der Waals surface area contributed by atoms with Gasteiger partial charge in [0, 0.05) is 29.7 Å². The second-order valence-corrected chi connectivity index (χ2v) is 8.72. The van der Waals surface area contributed by atoms with E-state index in [1.807, 2.05) is 42.5 Å². The molecule has 0 radical (unpaired) electrons. The van der Waals surface area contributed by atoms with Gasteiger partial charge in [0.05, 0.1) is 0 Å². The van der Waals surface area contributed by atoms with Crippen LogP contribution in [0.15, 0.2) is 84.5 Å². The highest BCUT2D eigenvalue weighted by atomic mass is 19.3. The van der Waals surface area contributed by atoms with Gasteiger partial charge < -0.3 is 10.5 Å². The summed E-state index contributed by atoms with van der Waals surface area (Å²) in [5.41, 5.74) is 11.1. The molecule has 1 fully saturated rings. The maximum Gasteiger partial charge on any atom is 0.387 e. The van der Waals surface area contributed by atoms with E-state index in [0.717, 1.165) is 46.2 Å². The molecule has 35 heavy (non-hydrogen) atoms. The van der Waals surface area contributed by atoms with E-state index in [1.165, 1.54) is 6.33 Å². The van der Waals surface area contributed by atoms with Gasteiger partial charge in [-0.25, -0.2) is 15.0 Å². The number of rotatable bonds is 6. The van der Waals surface area contributed by atoms with Crippen LogP contribution < -0.4 is 10.5 Å². The number of hydrogen-bond acceptors (Lipinski definition) is 6. The molecule has 6 nitrogen and oxygen atoms in total. The molecule has 2 aromatic carbocycles. The SMILES string of the molecule is NC1=NC(c2cccc(-c3cncnc3)c2)(c2ccc(OC(F)F)c(C3CC3)c2)c2cccnc21. The van der Waals surface area contributed by atoms with Gasteiger partial charge in [-0.3, -0.25) is 4.98 Å². The molecule has 2 aliphatic rings.